The van der Waals surface area contributed by atoms with Gasteiger partial charge >= 0.3 is 0 Å². The molecule has 1 atom stereocenters. The molecule has 1 aliphatic rings. The summed E-state index contributed by atoms with van der Waals surface area (Å²) < 4.78 is 0. The summed E-state index contributed by atoms with van der Waals surface area (Å²) in [4.78, 5) is 27.5. The van der Waals surface area contributed by atoms with E-state index in [4.69, 9.17) is 0 Å². The predicted molar refractivity (Wildman–Crippen MR) is 81.8 cm³/mol. The van der Waals surface area contributed by atoms with E-state index in [0.717, 1.165) is 19.5 Å². The number of hydrogen-bond acceptors (Lipinski definition) is 3. The molecule has 1 fully saturated rings. The van der Waals surface area contributed by atoms with Crippen LogP contribution in [0.5, 0.6) is 0 Å². The second-order valence-electron chi connectivity index (χ2n) is 5.37. The third-order valence-corrected chi connectivity index (χ3v) is 4.02. The minimum atomic E-state index is -0.253. The quantitative estimate of drug-likeness (QED) is 0.878. The molecule has 1 aliphatic heterocycles. The van der Waals surface area contributed by atoms with Crippen LogP contribution >= 0.6 is 0 Å². The van der Waals surface area contributed by atoms with Crippen LogP contribution in [0.25, 0.3) is 0 Å². The first-order valence-electron chi connectivity index (χ1n) is 7.37. The Morgan fingerprint density at radius 1 is 1.24 bits per heavy atom. The monoisotopic (exact) mass is 289 g/mol. The first-order chi connectivity index (χ1) is 10.1. The van der Waals surface area contributed by atoms with Gasteiger partial charge in [-0.25, -0.2) is 0 Å². The minimum absolute atomic E-state index is 0.0194. The molecule has 114 valence electrons. The van der Waals surface area contributed by atoms with Crippen LogP contribution in [0.4, 0.5) is 0 Å². The maximum absolute atomic E-state index is 12.1. The highest BCUT2D eigenvalue weighted by Crippen LogP contribution is 2.12. The Morgan fingerprint density at radius 2 is 1.95 bits per heavy atom. The molecule has 0 bridgehead atoms. The zero-order chi connectivity index (χ0) is 15.2. The number of rotatable bonds is 4. The third-order valence-electron chi connectivity index (χ3n) is 4.02. The fourth-order valence-corrected chi connectivity index (χ4v) is 2.71. The van der Waals surface area contributed by atoms with Crippen molar-refractivity contribution in [1.29, 1.82) is 0 Å². The van der Waals surface area contributed by atoms with Crippen molar-refractivity contribution in [2.45, 2.75) is 19.4 Å². The molecule has 21 heavy (non-hydrogen) atoms. The summed E-state index contributed by atoms with van der Waals surface area (Å²) in [5.74, 6) is 0.0145. The maximum atomic E-state index is 12.1. The van der Waals surface area contributed by atoms with Gasteiger partial charge in [-0.3, -0.25) is 14.5 Å². The fourth-order valence-electron chi connectivity index (χ4n) is 2.71. The lowest BCUT2D eigenvalue weighted by atomic mass is 10.1. The lowest BCUT2D eigenvalue weighted by molar-refractivity contribution is -0.136. The van der Waals surface area contributed by atoms with Gasteiger partial charge in [0.05, 0.1) is 0 Å². The van der Waals surface area contributed by atoms with Crippen molar-refractivity contribution >= 4 is 11.8 Å². The molecule has 0 radical (unpaired) electrons. The Hall–Kier alpha value is -1.88. The van der Waals surface area contributed by atoms with Crippen LogP contribution in [0.1, 0.15) is 12.5 Å². The Labute approximate surface area is 125 Å². The third kappa shape index (κ3) is 4.04. The summed E-state index contributed by atoms with van der Waals surface area (Å²) in [7, 11) is 1.64. The van der Waals surface area contributed by atoms with E-state index < -0.39 is 0 Å². The van der Waals surface area contributed by atoms with Crippen LogP contribution < -0.4 is 5.32 Å². The Bertz CT molecular complexity index is 490. The van der Waals surface area contributed by atoms with Crippen molar-refractivity contribution < 1.29 is 9.59 Å². The summed E-state index contributed by atoms with van der Waals surface area (Å²) >= 11 is 0. The second kappa shape index (κ2) is 7.22. The highest BCUT2D eigenvalue weighted by Gasteiger charge is 2.32. The summed E-state index contributed by atoms with van der Waals surface area (Å²) in [5.41, 5.74) is 1.27. The smallest absolute Gasteiger partial charge is 0.238 e. The predicted octanol–water partition coefficient (Wildman–Crippen LogP) is 0.508. The van der Waals surface area contributed by atoms with E-state index in [-0.39, 0.29) is 17.9 Å². The topological polar surface area (TPSA) is 52.7 Å². The molecule has 2 rings (SSSR count). The number of nitrogens with one attached hydrogen (secondary N) is 1. The molecule has 5 nitrogen and oxygen atoms in total. The van der Waals surface area contributed by atoms with E-state index in [1.54, 1.807) is 18.9 Å². The number of amides is 2. The zero-order valence-electron chi connectivity index (χ0n) is 12.7. The van der Waals surface area contributed by atoms with Gasteiger partial charge in [-0.15, -0.1) is 0 Å². The molecular weight excluding hydrogens is 266 g/mol. The highest BCUT2D eigenvalue weighted by molar-refractivity contribution is 5.83. The van der Waals surface area contributed by atoms with E-state index in [1.165, 1.54) is 5.56 Å². The number of likely N-dealkylation sites (N-methyl/N-ethyl adjacent to an activating group) is 1. The molecule has 1 unspecified atom stereocenters. The largest absolute Gasteiger partial charge is 0.358 e. The zero-order valence-corrected chi connectivity index (χ0v) is 12.7. The average molecular weight is 289 g/mol. The Kier molecular flexibility index (Phi) is 5.33. The molecule has 1 aromatic rings. The number of piperazine rings is 1. The SMILES string of the molecule is CNC(=O)C1CN(C(C)=O)CCN1CCc1ccccc1. The van der Waals surface area contributed by atoms with Crippen LogP contribution in [0.15, 0.2) is 30.3 Å². The van der Waals surface area contributed by atoms with Gasteiger partial charge < -0.3 is 10.2 Å². The second-order valence-corrected chi connectivity index (χ2v) is 5.37. The van der Waals surface area contributed by atoms with E-state index in [1.807, 2.05) is 18.2 Å². The normalized spacial score (nSPS) is 19.3. The average Bonchev–Trinajstić information content (AvgIpc) is 2.52. The first kappa shape index (κ1) is 15.5. The number of benzene rings is 1. The maximum Gasteiger partial charge on any atom is 0.238 e. The first-order valence-corrected chi connectivity index (χ1v) is 7.37. The van der Waals surface area contributed by atoms with Gasteiger partial charge in [0, 0.05) is 40.2 Å². The molecule has 1 N–H and O–H groups in total. The minimum Gasteiger partial charge on any atom is -0.358 e. The van der Waals surface area contributed by atoms with E-state index in [9.17, 15) is 9.59 Å². The molecule has 5 heteroatoms. The van der Waals surface area contributed by atoms with Crippen LogP contribution in [-0.2, 0) is 16.0 Å². The van der Waals surface area contributed by atoms with Gasteiger partial charge in [-0.1, -0.05) is 30.3 Å². The number of nitrogens with zero attached hydrogens (tertiary/aromatic N) is 2. The molecular formula is C16H23N3O2. The molecule has 0 saturated carbocycles. The Balaban J connectivity index is 1.99. The van der Waals surface area contributed by atoms with Gasteiger partial charge in [0.2, 0.25) is 11.8 Å². The fraction of sp³-hybridized carbons (Fsp3) is 0.500. The summed E-state index contributed by atoms with van der Waals surface area (Å²) in [5, 5.41) is 2.70. The molecule has 1 aromatic carbocycles. The van der Waals surface area contributed by atoms with Gasteiger partial charge in [-0.2, -0.15) is 0 Å². The van der Waals surface area contributed by atoms with E-state index in [2.05, 4.69) is 22.3 Å². The van der Waals surface area contributed by atoms with Crippen LogP contribution in [0.2, 0.25) is 0 Å². The van der Waals surface area contributed by atoms with E-state index >= 15 is 0 Å². The van der Waals surface area contributed by atoms with Gasteiger partial charge in [0.1, 0.15) is 6.04 Å². The molecule has 1 heterocycles. The van der Waals surface area contributed by atoms with Gasteiger partial charge in [0.25, 0.3) is 0 Å². The van der Waals surface area contributed by atoms with Gasteiger partial charge in [0.15, 0.2) is 0 Å². The highest BCUT2D eigenvalue weighted by atomic mass is 16.2. The van der Waals surface area contributed by atoms with Crippen molar-refractivity contribution in [2.75, 3.05) is 33.2 Å². The lowest BCUT2D eigenvalue weighted by Gasteiger charge is -2.40. The van der Waals surface area contributed by atoms with Gasteiger partial charge in [-0.05, 0) is 12.0 Å². The molecule has 0 aliphatic carbocycles. The van der Waals surface area contributed by atoms with Crippen molar-refractivity contribution in [3.8, 4) is 0 Å². The van der Waals surface area contributed by atoms with Crippen molar-refractivity contribution in [1.82, 2.24) is 15.1 Å². The molecule has 1 saturated heterocycles. The summed E-state index contributed by atoms with van der Waals surface area (Å²) in [6.07, 6.45) is 0.911. The number of carbonyl (C=O) groups is 2. The standard InChI is InChI=1S/C16H23N3O2/c1-13(20)19-11-10-18(15(12-19)16(21)17-2)9-8-14-6-4-3-5-7-14/h3-7,15H,8-12H2,1-2H3,(H,17,21). The van der Waals surface area contributed by atoms with Crippen molar-refractivity contribution in [2.24, 2.45) is 0 Å². The van der Waals surface area contributed by atoms with Crippen LogP contribution in [-0.4, -0.2) is 60.9 Å². The molecule has 0 spiro atoms. The Morgan fingerprint density at radius 3 is 2.57 bits per heavy atom. The summed E-state index contributed by atoms with van der Waals surface area (Å²) in [6.45, 7) is 4.29. The number of hydrogen-bond donors (Lipinski definition) is 1. The van der Waals surface area contributed by atoms with Crippen molar-refractivity contribution in [3.05, 3.63) is 35.9 Å². The van der Waals surface area contributed by atoms with Crippen LogP contribution in [0, 0.1) is 0 Å². The summed E-state index contributed by atoms with van der Waals surface area (Å²) in [6, 6.07) is 10.00. The van der Waals surface area contributed by atoms with E-state index in [0.29, 0.717) is 13.1 Å². The van der Waals surface area contributed by atoms with Crippen molar-refractivity contribution in [3.63, 3.8) is 0 Å². The molecule has 0 aromatic heterocycles. The number of carbonyl (C=O) groups excluding carboxylic acids is 2. The lowest BCUT2D eigenvalue weighted by Crippen LogP contribution is -2.59. The van der Waals surface area contributed by atoms with Crippen LogP contribution in [0.3, 0.4) is 0 Å². The molecule has 2 amide bonds.